The number of carboxylic acid groups (broad SMARTS) is 1. The smallest absolute Gasteiger partial charge is 0.337 e. The Morgan fingerprint density at radius 2 is 2.11 bits per heavy atom. The van der Waals surface area contributed by atoms with Crippen molar-refractivity contribution in [1.29, 1.82) is 0 Å². The van der Waals surface area contributed by atoms with Gasteiger partial charge in [0, 0.05) is 23.2 Å². The molecule has 0 radical (unpaired) electrons. The van der Waals surface area contributed by atoms with Crippen LogP contribution in [-0.4, -0.2) is 11.1 Å². The largest absolute Gasteiger partial charge is 0.478 e. The zero-order valence-corrected chi connectivity index (χ0v) is 9.42. The second kappa shape index (κ2) is 4.00. The third-order valence-electron chi connectivity index (χ3n) is 2.86. The number of dihydropyridines is 1. The van der Waals surface area contributed by atoms with Gasteiger partial charge in [-0.15, -0.1) is 0 Å². The van der Waals surface area contributed by atoms with E-state index in [1.807, 2.05) is 24.3 Å². The number of para-hydroxylation sites is 1. The molecule has 0 spiro atoms. The van der Waals surface area contributed by atoms with Gasteiger partial charge >= 0.3 is 5.97 Å². The first-order valence-electron chi connectivity index (χ1n) is 5.51. The van der Waals surface area contributed by atoms with Crippen LogP contribution in [0.1, 0.15) is 0 Å². The fourth-order valence-electron chi connectivity index (χ4n) is 2.00. The Morgan fingerprint density at radius 3 is 2.94 bits per heavy atom. The van der Waals surface area contributed by atoms with E-state index in [9.17, 15) is 4.79 Å². The van der Waals surface area contributed by atoms with E-state index in [1.54, 1.807) is 18.4 Å². The molecule has 0 atom stereocenters. The van der Waals surface area contributed by atoms with Gasteiger partial charge in [-0.2, -0.15) is 0 Å². The zero-order valence-electron chi connectivity index (χ0n) is 9.42. The molecule has 18 heavy (non-hydrogen) atoms. The number of hydrogen-bond acceptors (Lipinski definition) is 3. The minimum absolute atomic E-state index is 0.234. The molecule has 2 heterocycles. The first-order chi connectivity index (χ1) is 8.75. The highest BCUT2D eigenvalue weighted by atomic mass is 16.4. The zero-order chi connectivity index (χ0) is 12.5. The summed E-state index contributed by atoms with van der Waals surface area (Å²) in [5.74, 6) is -0.947. The van der Waals surface area contributed by atoms with Crippen LogP contribution in [0.2, 0.25) is 0 Å². The molecule has 2 N–H and O–H groups in total. The van der Waals surface area contributed by atoms with Crippen LogP contribution in [0.25, 0.3) is 5.70 Å². The predicted molar refractivity (Wildman–Crippen MR) is 66.7 cm³/mol. The van der Waals surface area contributed by atoms with E-state index in [1.165, 1.54) is 6.20 Å². The molecule has 0 saturated heterocycles. The minimum Gasteiger partial charge on any atom is -0.478 e. The van der Waals surface area contributed by atoms with Crippen molar-refractivity contribution in [1.82, 2.24) is 5.32 Å². The monoisotopic (exact) mass is 238 g/mol. The van der Waals surface area contributed by atoms with Gasteiger partial charge in [0.1, 0.15) is 0 Å². The summed E-state index contributed by atoms with van der Waals surface area (Å²) in [5.41, 5.74) is 1.94. The van der Waals surface area contributed by atoms with E-state index in [2.05, 4.69) is 10.3 Å². The maximum Gasteiger partial charge on any atom is 0.337 e. The van der Waals surface area contributed by atoms with E-state index in [4.69, 9.17) is 5.11 Å². The summed E-state index contributed by atoms with van der Waals surface area (Å²) < 4.78 is 0. The Hall–Kier alpha value is -2.62. The van der Waals surface area contributed by atoms with Crippen molar-refractivity contribution in [3.05, 3.63) is 70.5 Å². The fraction of sp³-hybridized carbons (Fsp3) is 0. The Labute approximate surface area is 103 Å². The van der Waals surface area contributed by atoms with Crippen molar-refractivity contribution >= 4 is 11.7 Å². The fourth-order valence-corrected chi connectivity index (χ4v) is 2.00. The Morgan fingerprint density at radius 1 is 1.28 bits per heavy atom. The lowest BCUT2D eigenvalue weighted by molar-refractivity contribution is -0.132. The molecule has 4 nitrogen and oxygen atoms in total. The predicted octanol–water partition coefficient (Wildman–Crippen LogP) is 0.440. The molecule has 0 amide bonds. The van der Waals surface area contributed by atoms with Crippen LogP contribution in [0.4, 0.5) is 0 Å². The minimum atomic E-state index is -0.947. The highest BCUT2D eigenvalue weighted by Crippen LogP contribution is 2.17. The molecule has 0 fully saturated rings. The van der Waals surface area contributed by atoms with Gasteiger partial charge in [0.05, 0.1) is 16.6 Å². The Kier molecular flexibility index (Phi) is 2.34. The maximum atomic E-state index is 11.0. The molecular formula is C14H10N2O2. The van der Waals surface area contributed by atoms with E-state index < -0.39 is 5.97 Å². The van der Waals surface area contributed by atoms with Crippen LogP contribution >= 0.6 is 0 Å². The highest BCUT2D eigenvalue weighted by molar-refractivity contribution is 5.93. The lowest BCUT2D eigenvalue weighted by Gasteiger charge is -2.14. The van der Waals surface area contributed by atoms with Gasteiger partial charge in [-0.3, -0.25) is 4.99 Å². The molecule has 3 rings (SSSR count). The lowest BCUT2D eigenvalue weighted by atomic mass is 10.0. The maximum absolute atomic E-state index is 11.0. The Balaban J connectivity index is 2.27. The third kappa shape index (κ3) is 1.64. The molecule has 4 heteroatoms. The van der Waals surface area contributed by atoms with Gasteiger partial charge < -0.3 is 10.4 Å². The summed E-state index contributed by atoms with van der Waals surface area (Å²) in [4.78, 5) is 15.3. The summed E-state index contributed by atoms with van der Waals surface area (Å²) in [6, 6.07) is 7.74. The van der Waals surface area contributed by atoms with Crippen molar-refractivity contribution in [2.24, 2.45) is 4.99 Å². The molecule has 1 aromatic carbocycles. The van der Waals surface area contributed by atoms with Crippen LogP contribution < -0.4 is 15.9 Å². The number of aliphatic carboxylic acids is 1. The standard InChI is InChI=1S/C14H10N2O2/c17-14(18)10-7-9-5-6-15-12-4-2-1-3-11(12)13(9)16-8-10/h1-8,16H,(H,17,18). The van der Waals surface area contributed by atoms with Gasteiger partial charge in [-0.1, -0.05) is 18.2 Å². The van der Waals surface area contributed by atoms with Crippen molar-refractivity contribution in [2.45, 2.75) is 0 Å². The van der Waals surface area contributed by atoms with Gasteiger partial charge in [-0.25, -0.2) is 4.79 Å². The number of hydrogen-bond donors (Lipinski definition) is 2. The van der Waals surface area contributed by atoms with Crippen LogP contribution in [-0.2, 0) is 4.79 Å². The van der Waals surface area contributed by atoms with E-state index in [0.29, 0.717) is 0 Å². The molecule has 0 saturated carbocycles. The molecule has 0 unspecified atom stereocenters. The summed E-state index contributed by atoms with van der Waals surface area (Å²) >= 11 is 0. The molecule has 0 aromatic heterocycles. The normalized spacial score (nSPS) is 16.3. The van der Waals surface area contributed by atoms with Gasteiger partial charge in [0.2, 0.25) is 0 Å². The Bertz CT molecular complexity index is 739. The van der Waals surface area contributed by atoms with Crippen molar-refractivity contribution in [2.75, 3.05) is 0 Å². The second-order valence-corrected chi connectivity index (χ2v) is 3.99. The van der Waals surface area contributed by atoms with Crippen molar-refractivity contribution in [3.8, 4) is 0 Å². The number of rotatable bonds is 1. The van der Waals surface area contributed by atoms with Crippen LogP contribution in [0.5, 0.6) is 0 Å². The van der Waals surface area contributed by atoms with Gasteiger partial charge in [-0.05, 0) is 18.2 Å². The molecule has 0 aliphatic carbocycles. The number of nitrogens with one attached hydrogen (secondary N) is 1. The first-order valence-corrected chi connectivity index (χ1v) is 5.51. The van der Waals surface area contributed by atoms with E-state index >= 15 is 0 Å². The van der Waals surface area contributed by atoms with Crippen molar-refractivity contribution in [3.63, 3.8) is 0 Å². The summed E-state index contributed by atoms with van der Waals surface area (Å²) in [7, 11) is 0. The molecule has 2 aliphatic rings. The summed E-state index contributed by atoms with van der Waals surface area (Å²) in [6.45, 7) is 0. The molecule has 0 bridgehead atoms. The average Bonchev–Trinajstić information content (AvgIpc) is 2.57. The van der Waals surface area contributed by atoms with E-state index in [0.717, 1.165) is 21.8 Å². The topological polar surface area (TPSA) is 61.7 Å². The quantitative estimate of drug-likeness (QED) is 0.746. The number of carboxylic acids is 1. The van der Waals surface area contributed by atoms with Gasteiger partial charge in [0.15, 0.2) is 0 Å². The highest BCUT2D eigenvalue weighted by Gasteiger charge is 2.14. The summed E-state index contributed by atoms with van der Waals surface area (Å²) in [5, 5.41) is 13.9. The summed E-state index contributed by atoms with van der Waals surface area (Å²) in [6.07, 6.45) is 6.63. The number of carbonyl (C=O) groups is 1. The van der Waals surface area contributed by atoms with E-state index in [-0.39, 0.29) is 5.57 Å². The van der Waals surface area contributed by atoms with Gasteiger partial charge in [0.25, 0.3) is 0 Å². The number of benzene rings is 1. The van der Waals surface area contributed by atoms with Crippen molar-refractivity contribution < 1.29 is 9.90 Å². The SMILES string of the molecule is O=C(O)C1=CNC2=c3ccccc3=NC=CC2=C1. The molecule has 88 valence electrons. The first kappa shape index (κ1) is 10.5. The van der Waals surface area contributed by atoms with Crippen LogP contribution in [0.15, 0.2) is 65.0 Å². The van der Waals surface area contributed by atoms with Crippen LogP contribution in [0, 0.1) is 0 Å². The number of fused-ring (bicyclic) bond motifs is 2. The molecule has 1 aromatic rings. The second-order valence-electron chi connectivity index (χ2n) is 3.99. The third-order valence-corrected chi connectivity index (χ3v) is 2.86. The van der Waals surface area contributed by atoms with Crippen LogP contribution in [0.3, 0.4) is 0 Å². The molecular weight excluding hydrogens is 228 g/mol. The number of nitrogens with zero attached hydrogens (tertiary/aromatic N) is 1. The molecule has 2 aliphatic heterocycles. The average molecular weight is 238 g/mol. The lowest BCUT2D eigenvalue weighted by Crippen LogP contribution is -2.31.